The van der Waals surface area contributed by atoms with Crippen LogP contribution in [0, 0.1) is 0 Å². The molecule has 10 heteroatoms. The quantitative estimate of drug-likeness (QED) is 0.506. The third-order valence-corrected chi connectivity index (χ3v) is 7.02. The van der Waals surface area contributed by atoms with E-state index in [9.17, 15) is 19.5 Å². The zero-order valence-corrected chi connectivity index (χ0v) is 16.9. The fraction of sp³-hybridized carbons (Fsp3) is 0.400. The molecule has 2 aromatic rings. The van der Waals surface area contributed by atoms with Gasteiger partial charge >= 0.3 is 0 Å². The van der Waals surface area contributed by atoms with Crippen molar-refractivity contribution in [3.05, 3.63) is 46.0 Å². The highest BCUT2D eigenvalue weighted by molar-refractivity contribution is 7.15. The van der Waals surface area contributed by atoms with Gasteiger partial charge in [-0.25, -0.2) is 4.98 Å². The van der Waals surface area contributed by atoms with Crippen LogP contribution in [0.2, 0.25) is 0 Å². The number of nitrogens with zero attached hydrogens (tertiary/aromatic N) is 2. The molecule has 0 bridgehead atoms. The molecule has 1 atom stereocenters. The van der Waals surface area contributed by atoms with E-state index in [1.807, 2.05) is 18.2 Å². The van der Waals surface area contributed by atoms with Gasteiger partial charge in [0.1, 0.15) is 11.6 Å². The monoisotopic (exact) mass is 427 g/mol. The van der Waals surface area contributed by atoms with Crippen molar-refractivity contribution in [2.24, 2.45) is 0 Å². The number of aromatic nitrogens is 1. The number of rotatable bonds is 5. The van der Waals surface area contributed by atoms with Crippen LogP contribution in [0.25, 0.3) is 0 Å². The first-order valence-corrected chi connectivity index (χ1v) is 10.6. The summed E-state index contributed by atoms with van der Waals surface area (Å²) < 4.78 is 0. The summed E-state index contributed by atoms with van der Waals surface area (Å²) >= 11 is 1.40. The Balaban J connectivity index is 1.31. The molecule has 4 heterocycles. The zero-order chi connectivity index (χ0) is 20.9. The minimum Gasteiger partial charge on any atom is -0.382 e. The summed E-state index contributed by atoms with van der Waals surface area (Å²) in [7, 11) is 0. The Morgan fingerprint density at radius 3 is 2.87 bits per heavy atom. The van der Waals surface area contributed by atoms with Crippen LogP contribution in [0.1, 0.15) is 39.2 Å². The Labute approximate surface area is 176 Å². The van der Waals surface area contributed by atoms with E-state index in [1.165, 1.54) is 11.3 Å². The normalized spacial score (nSPS) is 22.5. The van der Waals surface area contributed by atoms with Crippen molar-refractivity contribution < 1.29 is 19.5 Å². The summed E-state index contributed by atoms with van der Waals surface area (Å²) in [5, 5.41) is 19.7. The second-order valence-corrected chi connectivity index (χ2v) is 8.90. The molecule has 0 radical (unpaired) electrons. The molecule has 156 valence electrons. The Hall–Kier alpha value is -2.82. The summed E-state index contributed by atoms with van der Waals surface area (Å²) in [4.78, 5) is 43.5. The minimum atomic E-state index is -0.843. The molecule has 9 nitrogen and oxygen atoms in total. The maximum atomic E-state index is 13.1. The molecule has 1 unspecified atom stereocenters. The molecule has 0 spiro atoms. The van der Waals surface area contributed by atoms with Crippen molar-refractivity contribution in [3.63, 3.8) is 0 Å². The molecule has 1 aromatic carbocycles. The number of hydrogen-bond donors (Lipinski definition) is 4. The van der Waals surface area contributed by atoms with Crippen molar-refractivity contribution in [2.75, 3.05) is 18.4 Å². The summed E-state index contributed by atoms with van der Waals surface area (Å²) in [5.74, 6) is -0.896. The number of β-amino-alcohol motifs (C(OH)–C–C–N with tert-alkyl or cyclic N) is 1. The van der Waals surface area contributed by atoms with Crippen LogP contribution in [0.4, 0.5) is 5.13 Å². The first kappa shape index (κ1) is 19.2. The van der Waals surface area contributed by atoms with Crippen LogP contribution in [-0.2, 0) is 28.3 Å². The fourth-order valence-electron chi connectivity index (χ4n) is 4.12. The molecule has 3 amide bonds. The zero-order valence-electron chi connectivity index (χ0n) is 16.1. The van der Waals surface area contributed by atoms with Crippen molar-refractivity contribution in [3.8, 4) is 0 Å². The second-order valence-electron chi connectivity index (χ2n) is 7.87. The van der Waals surface area contributed by atoms with E-state index in [2.05, 4.69) is 20.9 Å². The minimum absolute atomic E-state index is 0.188. The SMILES string of the molecule is O=C1CCC(N2Cc3cccc(CNc4ncc(C5(O)CNC5)s4)c3C2=O)C(=O)N1. The van der Waals surface area contributed by atoms with Gasteiger partial charge in [-0.3, -0.25) is 19.7 Å². The highest BCUT2D eigenvalue weighted by Gasteiger charge is 2.40. The van der Waals surface area contributed by atoms with E-state index >= 15 is 0 Å². The van der Waals surface area contributed by atoms with Crippen molar-refractivity contribution in [1.29, 1.82) is 0 Å². The van der Waals surface area contributed by atoms with Gasteiger partial charge in [-0.15, -0.1) is 0 Å². The van der Waals surface area contributed by atoms with Gasteiger partial charge in [0, 0.05) is 44.4 Å². The predicted octanol–water partition coefficient (Wildman–Crippen LogP) is 0.307. The van der Waals surface area contributed by atoms with Crippen molar-refractivity contribution >= 4 is 34.2 Å². The lowest BCUT2D eigenvalue weighted by Crippen LogP contribution is -2.56. The summed E-state index contributed by atoms with van der Waals surface area (Å²) in [6.45, 7) is 1.80. The smallest absolute Gasteiger partial charge is 0.255 e. The molecule has 2 fully saturated rings. The molecule has 4 N–H and O–H groups in total. The van der Waals surface area contributed by atoms with E-state index in [1.54, 1.807) is 11.1 Å². The van der Waals surface area contributed by atoms with Gasteiger partial charge in [0.25, 0.3) is 5.91 Å². The average molecular weight is 427 g/mol. The summed E-state index contributed by atoms with van der Waals surface area (Å²) in [6.07, 6.45) is 2.26. The lowest BCUT2D eigenvalue weighted by atomic mass is 9.96. The standard InChI is InChI=1S/C20H21N5O4S/c26-15-5-4-13(17(27)24-15)25-8-12-3-1-2-11(16(12)18(25)28)6-22-19-23-7-14(30-19)20(29)9-21-10-20/h1-3,7,13,21,29H,4-6,8-10H2,(H,22,23)(H,24,26,27). The van der Waals surface area contributed by atoms with Gasteiger partial charge in [0.15, 0.2) is 5.13 Å². The molecule has 3 aliphatic heterocycles. The lowest BCUT2D eigenvalue weighted by molar-refractivity contribution is -0.136. The van der Waals surface area contributed by atoms with Crippen LogP contribution in [-0.4, -0.2) is 51.8 Å². The number of amides is 3. The highest BCUT2D eigenvalue weighted by Crippen LogP contribution is 2.33. The van der Waals surface area contributed by atoms with E-state index in [0.29, 0.717) is 43.3 Å². The number of carbonyl (C=O) groups is 3. The number of imide groups is 1. The van der Waals surface area contributed by atoms with E-state index in [4.69, 9.17) is 0 Å². The van der Waals surface area contributed by atoms with Gasteiger partial charge in [-0.05, 0) is 17.5 Å². The predicted molar refractivity (Wildman–Crippen MR) is 109 cm³/mol. The number of benzene rings is 1. The van der Waals surface area contributed by atoms with Crippen molar-refractivity contribution in [2.45, 2.75) is 37.6 Å². The Kier molecular flexibility index (Phi) is 4.57. The molecule has 5 rings (SSSR count). The number of anilines is 1. The van der Waals surface area contributed by atoms with Gasteiger partial charge < -0.3 is 20.6 Å². The molecular formula is C20H21N5O4S. The van der Waals surface area contributed by atoms with Crippen LogP contribution >= 0.6 is 11.3 Å². The highest BCUT2D eigenvalue weighted by atomic mass is 32.1. The third-order valence-electron chi connectivity index (χ3n) is 5.87. The van der Waals surface area contributed by atoms with E-state index in [0.717, 1.165) is 16.0 Å². The molecular weight excluding hydrogens is 406 g/mol. The number of nitrogens with one attached hydrogen (secondary N) is 3. The molecule has 1 aromatic heterocycles. The average Bonchev–Trinajstić information content (AvgIpc) is 3.30. The summed E-state index contributed by atoms with van der Waals surface area (Å²) in [5.41, 5.74) is 1.46. The number of aliphatic hydroxyl groups is 1. The first-order chi connectivity index (χ1) is 14.4. The number of carbonyl (C=O) groups excluding carboxylic acids is 3. The maximum absolute atomic E-state index is 13.1. The van der Waals surface area contributed by atoms with Crippen LogP contribution < -0.4 is 16.0 Å². The largest absolute Gasteiger partial charge is 0.382 e. The van der Waals surface area contributed by atoms with Gasteiger partial charge in [0.05, 0.1) is 4.88 Å². The second kappa shape index (κ2) is 7.15. The topological polar surface area (TPSA) is 124 Å². The van der Waals surface area contributed by atoms with Crippen LogP contribution in [0.3, 0.4) is 0 Å². The fourth-order valence-corrected chi connectivity index (χ4v) is 5.01. The number of thiazole rings is 1. The molecule has 2 saturated heterocycles. The van der Waals surface area contributed by atoms with Crippen LogP contribution in [0.5, 0.6) is 0 Å². The summed E-state index contributed by atoms with van der Waals surface area (Å²) in [6, 6.07) is 5.05. The number of fused-ring (bicyclic) bond motifs is 1. The Morgan fingerprint density at radius 2 is 2.13 bits per heavy atom. The molecule has 0 aliphatic carbocycles. The maximum Gasteiger partial charge on any atom is 0.255 e. The van der Waals surface area contributed by atoms with E-state index in [-0.39, 0.29) is 18.2 Å². The Morgan fingerprint density at radius 1 is 1.30 bits per heavy atom. The van der Waals surface area contributed by atoms with Crippen LogP contribution in [0.15, 0.2) is 24.4 Å². The third kappa shape index (κ3) is 3.17. The number of piperidine rings is 1. The van der Waals surface area contributed by atoms with Crippen molar-refractivity contribution in [1.82, 2.24) is 20.5 Å². The Bertz CT molecular complexity index is 1050. The lowest BCUT2D eigenvalue weighted by Gasteiger charge is -2.36. The molecule has 3 aliphatic rings. The molecule has 0 saturated carbocycles. The van der Waals surface area contributed by atoms with Gasteiger partial charge in [-0.1, -0.05) is 29.5 Å². The van der Waals surface area contributed by atoms with Gasteiger partial charge in [-0.2, -0.15) is 0 Å². The molecule has 30 heavy (non-hydrogen) atoms. The van der Waals surface area contributed by atoms with E-state index < -0.39 is 17.6 Å². The first-order valence-electron chi connectivity index (χ1n) is 9.83. The van der Waals surface area contributed by atoms with Gasteiger partial charge in [0.2, 0.25) is 11.8 Å². The number of hydrogen-bond acceptors (Lipinski definition) is 8.